The minimum absolute atomic E-state index is 0.103. The predicted octanol–water partition coefficient (Wildman–Crippen LogP) is 0.702. The summed E-state index contributed by atoms with van der Waals surface area (Å²) in [6.45, 7) is 5.96. The van der Waals surface area contributed by atoms with Gasteiger partial charge in [-0.25, -0.2) is 0 Å². The number of hydrogen-bond donors (Lipinski definition) is 1. The first-order valence-corrected chi connectivity index (χ1v) is 6.90. The zero-order valence-corrected chi connectivity index (χ0v) is 10.8. The number of carbonyl (C=O) groups excluding carboxylic acids is 1. The molecule has 0 radical (unpaired) electrons. The van der Waals surface area contributed by atoms with Crippen LogP contribution in [0.4, 0.5) is 0 Å². The van der Waals surface area contributed by atoms with Gasteiger partial charge >= 0.3 is 0 Å². The van der Waals surface area contributed by atoms with E-state index in [4.69, 9.17) is 5.11 Å². The van der Waals surface area contributed by atoms with E-state index in [0.29, 0.717) is 11.8 Å². The molecule has 98 valence electrons. The van der Waals surface area contributed by atoms with Crippen LogP contribution in [-0.4, -0.2) is 59.6 Å². The van der Waals surface area contributed by atoms with Crippen molar-refractivity contribution in [2.75, 3.05) is 32.8 Å². The molecule has 2 fully saturated rings. The number of hydrogen-bond acceptors (Lipinski definition) is 3. The number of likely N-dealkylation sites (tertiary alicyclic amines) is 2. The van der Waals surface area contributed by atoms with E-state index in [1.807, 2.05) is 4.90 Å². The smallest absolute Gasteiger partial charge is 0.239 e. The number of piperidine rings is 1. The fourth-order valence-corrected chi connectivity index (χ4v) is 3.04. The normalized spacial score (nSPS) is 30.8. The van der Waals surface area contributed by atoms with E-state index in [1.165, 1.54) is 12.8 Å². The first-order chi connectivity index (χ1) is 8.26. The Morgan fingerprint density at radius 1 is 1.29 bits per heavy atom. The standard InChI is InChI=1S/C13H24N2O2/c1-2-14-7-4-3-5-12(14)13(17)15-8-6-11(9-15)10-16/h11-12,16H,2-10H2,1H3. The SMILES string of the molecule is CCN1CCCCC1C(=O)N1CCC(CO)C1. The molecule has 0 bridgehead atoms. The molecule has 2 aliphatic rings. The Bertz CT molecular complexity index is 270. The molecule has 4 heteroatoms. The molecule has 0 aliphatic carbocycles. The average Bonchev–Trinajstić information content (AvgIpc) is 2.86. The van der Waals surface area contributed by atoms with E-state index in [-0.39, 0.29) is 12.6 Å². The molecule has 0 aromatic rings. The van der Waals surface area contributed by atoms with E-state index >= 15 is 0 Å². The second-order valence-electron chi connectivity index (χ2n) is 5.26. The van der Waals surface area contributed by atoms with Gasteiger partial charge in [-0.05, 0) is 32.4 Å². The minimum atomic E-state index is 0.103. The third kappa shape index (κ3) is 2.80. The van der Waals surface area contributed by atoms with Crippen molar-refractivity contribution in [2.24, 2.45) is 5.92 Å². The van der Waals surface area contributed by atoms with Crippen LogP contribution in [0.1, 0.15) is 32.6 Å². The van der Waals surface area contributed by atoms with Gasteiger partial charge in [-0.2, -0.15) is 0 Å². The highest BCUT2D eigenvalue weighted by Crippen LogP contribution is 2.22. The van der Waals surface area contributed by atoms with Crippen molar-refractivity contribution in [1.82, 2.24) is 9.80 Å². The summed E-state index contributed by atoms with van der Waals surface area (Å²) < 4.78 is 0. The topological polar surface area (TPSA) is 43.8 Å². The fraction of sp³-hybridized carbons (Fsp3) is 0.923. The van der Waals surface area contributed by atoms with E-state index in [2.05, 4.69) is 11.8 Å². The molecule has 2 heterocycles. The van der Waals surface area contributed by atoms with Gasteiger partial charge in [-0.3, -0.25) is 9.69 Å². The molecule has 2 rings (SSSR count). The summed E-state index contributed by atoms with van der Waals surface area (Å²) in [4.78, 5) is 16.7. The minimum Gasteiger partial charge on any atom is -0.396 e. The molecule has 0 saturated carbocycles. The van der Waals surface area contributed by atoms with Gasteiger partial charge in [0.05, 0.1) is 6.04 Å². The molecule has 0 aromatic heterocycles. The molecule has 17 heavy (non-hydrogen) atoms. The quantitative estimate of drug-likeness (QED) is 0.790. The molecule has 2 unspecified atom stereocenters. The predicted molar refractivity (Wildman–Crippen MR) is 66.7 cm³/mol. The van der Waals surface area contributed by atoms with Crippen LogP contribution in [-0.2, 0) is 4.79 Å². The Hall–Kier alpha value is -0.610. The highest BCUT2D eigenvalue weighted by atomic mass is 16.3. The van der Waals surface area contributed by atoms with Gasteiger partial charge in [0.25, 0.3) is 0 Å². The van der Waals surface area contributed by atoms with Crippen molar-refractivity contribution in [3.63, 3.8) is 0 Å². The summed E-state index contributed by atoms with van der Waals surface area (Å²) in [6, 6.07) is 0.103. The van der Waals surface area contributed by atoms with Gasteiger partial charge in [-0.15, -0.1) is 0 Å². The van der Waals surface area contributed by atoms with Gasteiger partial charge in [-0.1, -0.05) is 13.3 Å². The largest absolute Gasteiger partial charge is 0.396 e. The van der Waals surface area contributed by atoms with Crippen LogP contribution in [0.5, 0.6) is 0 Å². The zero-order chi connectivity index (χ0) is 12.3. The van der Waals surface area contributed by atoms with Gasteiger partial charge in [0.15, 0.2) is 0 Å². The van der Waals surface area contributed by atoms with Crippen LogP contribution in [0.3, 0.4) is 0 Å². The number of aliphatic hydroxyl groups is 1. The maximum atomic E-state index is 12.4. The number of carbonyl (C=O) groups is 1. The molecule has 1 amide bonds. The Kier molecular flexibility index (Phi) is 4.40. The number of nitrogens with zero attached hydrogens (tertiary/aromatic N) is 2. The Morgan fingerprint density at radius 2 is 2.12 bits per heavy atom. The lowest BCUT2D eigenvalue weighted by Crippen LogP contribution is -2.50. The molecule has 2 saturated heterocycles. The summed E-state index contributed by atoms with van der Waals surface area (Å²) in [7, 11) is 0. The molecule has 1 N–H and O–H groups in total. The molecule has 0 aromatic carbocycles. The maximum Gasteiger partial charge on any atom is 0.239 e. The van der Waals surface area contributed by atoms with Crippen LogP contribution in [0.25, 0.3) is 0 Å². The summed E-state index contributed by atoms with van der Waals surface area (Å²) in [6.07, 6.45) is 4.36. The molecule has 2 aliphatic heterocycles. The molecule has 0 spiro atoms. The number of aliphatic hydroxyl groups excluding tert-OH is 1. The number of rotatable bonds is 3. The first-order valence-electron chi connectivity index (χ1n) is 6.90. The lowest BCUT2D eigenvalue weighted by molar-refractivity contribution is -0.137. The zero-order valence-electron chi connectivity index (χ0n) is 10.8. The summed E-state index contributed by atoms with van der Waals surface area (Å²) in [5.74, 6) is 0.597. The Balaban J connectivity index is 1.94. The number of likely N-dealkylation sites (N-methyl/N-ethyl adjacent to an activating group) is 1. The van der Waals surface area contributed by atoms with E-state index in [1.54, 1.807) is 0 Å². The maximum absolute atomic E-state index is 12.4. The summed E-state index contributed by atoms with van der Waals surface area (Å²) in [5, 5.41) is 9.13. The molecule has 4 nitrogen and oxygen atoms in total. The highest BCUT2D eigenvalue weighted by molar-refractivity contribution is 5.82. The van der Waals surface area contributed by atoms with Crippen LogP contribution >= 0.6 is 0 Å². The third-order valence-corrected chi connectivity index (χ3v) is 4.16. The van der Waals surface area contributed by atoms with Gasteiger partial charge < -0.3 is 10.0 Å². The lowest BCUT2D eigenvalue weighted by Gasteiger charge is -2.36. The van der Waals surface area contributed by atoms with Gasteiger partial charge in [0, 0.05) is 25.6 Å². The molecular weight excluding hydrogens is 216 g/mol. The van der Waals surface area contributed by atoms with Crippen LogP contribution < -0.4 is 0 Å². The van der Waals surface area contributed by atoms with Crippen molar-refractivity contribution in [2.45, 2.75) is 38.6 Å². The van der Waals surface area contributed by atoms with Crippen LogP contribution in [0.2, 0.25) is 0 Å². The number of amides is 1. The average molecular weight is 240 g/mol. The molecule has 2 atom stereocenters. The summed E-state index contributed by atoms with van der Waals surface area (Å²) in [5.41, 5.74) is 0. The third-order valence-electron chi connectivity index (χ3n) is 4.16. The van der Waals surface area contributed by atoms with Crippen molar-refractivity contribution in [3.8, 4) is 0 Å². The Morgan fingerprint density at radius 3 is 2.76 bits per heavy atom. The van der Waals surface area contributed by atoms with Crippen molar-refractivity contribution in [1.29, 1.82) is 0 Å². The van der Waals surface area contributed by atoms with Crippen LogP contribution in [0.15, 0.2) is 0 Å². The van der Waals surface area contributed by atoms with Crippen molar-refractivity contribution < 1.29 is 9.90 Å². The van der Waals surface area contributed by atoms with Gasteiger partial charge in [0.2, 0.25) is 5.91 Å². The second kappa shape index (κ2) is 5.83. The van der Waals surface area contributed by atoms with E-state index < -0.39 is 0 Å². The highest BCUT2D eigenvalue weighted by Gasteiger charge is 2.34. The fourth-order valence-electron chi connectivity index (χ4n) is 3.04. The second-order valence-corrected chi connectivity index (χ2v) is 5.26. The van der Waals surface area contributed by atoms with Crippen molar-refractivity contribution in [3.05, 3.63) is 0 Å². The molecular formula is C13H24N2O2. The van der Waals surface area contributed by atoms with Crippen molar-refractivity contribution >= 4 is 5.91 Å². The van der Waals surface area contributed by atoms with Crippen LogP contribution in [0, 0.1) is 5.92 Å². The monoisotopic (exact) mass is 240 g/mol. The van der Waals surface area contributed by atoms with Gasteiger partial charge in [0.1, 0.15) is 0 Å². The van der Waals surface area contributed by atoms with E-state index in [9.17, 15) is 4.79 Å². The summed E-state index contributed by atoms with van der Waals surface area (Å²) >= 11 is 0. The first kappa shape index (κ1) is 12.8. The lowest BCUT2D eigenvalue weighted by atomic mass is 10.0. The van der Waals surface area contributed by atoms with E-state index in [0.717, 1.165) is 39.0 Å². The Labute approximate surface area is 104 Å².